The Labute approximate surface area is 226 Å². The quantitative estimate of drug-likeness (QED) is 0.322. The molecule has 39 heavy (non-hydrogen) atoms. The Kier molecular flexibility index (Phi) is 8.04. The highest BCUT2D eigenvalue weighted by Gasteiger charge is 2.13. The predicted molar refractivity (Wildman–Crippen MR) is 151 cm³/mol. The number of ether oxygens (including phenoxy) is 1. The lowest BCUT2D eigenvalue weighted by molar-refractivity contribution is 0.0990. The maximum Gasteiger partial charge on any atom is 0.274 e. The lowest BCUT2D eigenvalue weighted by atomic mass is 10.0. The number of Topliss-reactive ketones (excluding diaryl/α,β-unsaturated/α-hetero) is 1. The van der Waals surface area contributed by atoms with Crippen LogP contribution in [-0.2, 0) is 11.2 Å². The van der Waals surface area contributed by atoms with Crippen LogP contribution in [0.1, 0.15) is 36.8 Å². The topological polar surface area (TPSA) is 101 Å². The zero-order valence-electron chi connectivity index (χ0n) is 21.3. The normalized spacial score (nSPS) is 13.0. The fourth-order valence-corrected chi connectivity index (χ4v) is 4.27. The Morgan fingerprint density at radius 1 is 0.718 bits per heavy atom. The molecule has 0 bridgehead atoms. The zero-order chi connectivity index (χ0) is 27.0. The van der Waals surface area contributed by atoms with E-state index in [1.807, 2.05) is 36.4 Å². The van der Waals surface area contributed by atoms with Crippen LogP contribution in [0.15, 0.2) is 97.2 Å². The molecule has 1 fully saturated rings. The van der Waals surface area contributed by atoms with Crippen molar-refractivity contribution in [3.05, 3.63) is 120 Å². The standard InChI is InChI=1S/C31H28N4O4/c36-29(23-6-12-26(13-7-23)34-31(38)28-3-1-2-16-32-28)21-22-4-10-25(11-5-22)33-30(37)24-8-14-27(15-9-24)35-17-19-39-20-18-35/h1-16H,17-21H2,(H,33,37)(H,34,38). The van der Waals surface area contributed by atoms with E-state index in [2.05, 4.69) is 20.5 Å². The molecule has 8 heteroatoms. The van der Waals surface area contributed by atoms with Gasteiger partial charge in [0.15, 0.2) is 5.78 Å². The van der Waals surface area contributed by atoms with Crippen LogP contribution >= 0.6 is 0 Å². The maximum absolute atomic E-state index is 12.8. The molecule has 0 saturated carbocycles. The molecule has 2 N–H and O–H groups in total. The van der Waals surface area contributed by atoms with E-state index in [0.29, 0.717) is 41.4 Å². The number of morpholine rings is 1. The van der Waals surface area contributed by atoms with Crippen LogP contribution in [0, 0.1) is 0 Å². The highest BCUT2D eigenvalue weighted by atomic mass is 16.5. The summed E-state index contributed by atoms with van der Waals surface area (Å²) in [5.41, 5.74) is 4.58. The number of hydrogen-bond donors (Lipinski definition) is 2. The molecule has 0 atom stereocenters. The van der Waals surface area contributed by atoms with Crippen LogP contribution in [0.25, 0.3) is 0 Å². The summed E-state index contributed by atoms with van der Waals surface area (Å²) >= 11 is 0. The van der Waals surface area contributed by atoms with Crippen molar-refractivity contribution in [2.75, 3.05) is 41.8 Å². The van der Waals surface area contributed by atoms with Gasteiger partial charge in [0.05, 0.1) is 13.2 Å². The van der Waals surface area contributed by atoms with E-state index >= 15 is 0 Å². The van der Waals surface area contributed by atoms with E-state index in [-0.39, 0.29) is 24.0 Å². The van der Waals surface area contributed by atoms with E-state index in [1.165, 1.54) is 0 Å². The Morgan fingerprint density at radius 2 is 1.33 bits per heavy atom. The number of nitrogens with one attached hydrogen (secondary N) is 2. The largest absolute Gasteiger partial charge is 0.378 e. The van der Waals surface area contributed by atoms with Crippen molar-refractivity contribution < 1.29 is 19.1 Å². The monoisotopic (exact) mass is 520 g/mol. The molecule has 1 aromatic heterocycles. The van der Waals surface area contributed by atoms with Gasteiger partial charge in [0.1, 0.15) is 5.69 Å². The third kappa shape index (κ3) is 6.74. The second-order valence-electron chi connectivity index (χ2n) is 9.14. The second-order valence-corrected chi connectivity index (χ2v) is 9.14. The summed E-state index contributed by atoms with van der Waals surface area (Å²) in [6.07, 6.45) is 1.78. The second kappa shape index (κ2) is 12.1. The molecule has 1 aliphatic rings. The van der Waals surface area contributed by atoms with Crippen molar-refractivity contribution in [2.24, 2.45) is 0 Å². The first-order valence-corrected chi connectivity index (χ1v) is 12.7. The number of rotatable bonds is 8. The van der Waals surface area contributed by atoms with Gasteiger partial charge in [-0.05, 0) is 78.4 Å². The SMILES string of the molecule is O=C(Cc1ccc(NC(=O)c2ccc(N3CCOCC3)cc2)cc1)c1ccc(NC(=O)c2ccccn2)cc1. The van der Waals surface area contributed by atoms with E-state index in [4.69, 9.17) is 4.74 Å². The van der Waals surface area contributed by atoms with Gasteiger partial charge in [-0.25, -0.2) is 0 Å². The van der Waals surface area contributed by atoms with Crippen molar-refractivity contribution in [2.45, 2.75) is 6.42 Å². The molecule has 5 rings (SSSR count). The van der Waals surface area contributed by atoms with E-state index < -0.39 is 0 Å². The number of hydrogen-bond acceptors (Lipinski definition) is 6. The number of carbonyl (C=O) groups is 3. The van der Waals surface area contributed by atoms with Gasteiger partial charge in [-0.1, -0.05) is 18.2 Å². The average Bonchev–Trinajstić information content (AvgIpc) is 2.99. The molecule has 196 valence electrons. The smallest absolute Gasteiger partial charge is 0.274 e. The molecular formula is C31H28N4O4. The van der Waals surface area contributed by atoms with Gasteiger partial charge < -0.3 is 20.3 Å². The van der Waals surface area contributed by atoms with Crippen LogP contribution in [0.2, 0.25) is 0 Å². The Balaban J connectivity index is 1.13. The summed E-state index contributed by atoms with van der Waals surface area (Å²) in [5.74, 6) is -0.552. The minimum atomic E-state index is -0.313. The van der Waals surface area contributed by atoms with Crippen molar-refractivity contribution in [1.82, 2.24) is 4.98 Å². The zero-order valence-corrected chi connectivity index (χ0v) is 21.3. The fraction of sp³-hybridized carbons (Fsp3) is 0.161. The number of amides is 2. The van der Waals surface area contributed by atoms with Gasteiger partial charge in [0.2, 0.25) is 0 Å². The minimum absolute atomic E-state index is 0.0465. The lowest BCUT2D eigenvalue weighted by Gasteiger charge is -2.28. The summed E-state index contributed by atoms with van der Waals surface area (Å²) in [4.78, 5) is 44.0. The number of ketones is 1. The number of anilines is 3. The van der Waals surface area contributed by atoms with Crippen molar-refractivity contribution in [3.63, 3.8) is 0 Å². The molecule has 0 aliphatic carbocycles. The van der Waals surface area contributed by atoms with E-state index in [9.17, 15) is 14.4 Å². The predicted octanol–water partition coefficient (Wildman–Crippen LogP) is 4.85. The summed E-state index contributed by atoms with van der Waals surface area (Å²) in [6, 6.07) is 26.7. The van der Waals surface area contributed by atoms with Gasteiger partial charge in [-0.2, -0.15) is 0 Å². The molecular weight excluding hydrogens is 492 g/mol. The number of nitrogens with zero attached hydrogens (tertiary/aromatic N) is 2. The summed E-state index contributed by atoms with van der Waals surface area (Å²) in [7, 11) is 0. The third-order valence-electron chi connectivity index (χ3n) is 6.44. The summed E-state index contributed by atoms with van der Waals surface area (Å²) in [5, 5.41) is 5.68. The van der Waals surface area contributed by atoms with E-state index in [1.54, 1.807) is 60.8 Å². The van der Waals surface area contributed by atoms with Crippen molar-refractivity contribution in [3.8, 4) is 0 Å². The molecule has 3 aromatic carbocycles. The Morgan fingerprint density at radius 3 is 1.97 bits per heavy atom. The molecule has 0 unspecified atom stereocenters. The number of pyridine rings is 1. The molecule has 2 heterocycles. The first-order valence-electron chi connectivity index (χ1n) is 12.7. The molecule has 8 nitrogen and oxygen atoms in total. The molecule has 0 spiro atoms. The Bertz CT molecular complexity index is 1430. The lowest BCUT2D eigenvalue weighted by Crippen LogP contribution is -2.36. The van der Waals surface area contributed by atoms with Crippen molar-refractivity contribution >= 4 is 34.7 Å². The highest BCUT2D eigenvalue weighted by molar-refractivity contribution is 6.05. The number of benzene rings is 3. The van der Waals surface area contributed by atoms with Crippen LogP contribution < -0.4 is 15.5 Å². The van der Waals surface area contributed by atoms with E-state index in [0.717, 1.165) is 24.3 Å². The van der Waals surface area contributed by atoms with Gasteiger partial charge >= 0.3 is 0 Å². The highest BCUT2D eigenvalue weighted by Crippen LogP contribution is 2.19. The minimum Gasteiger partial charge on any atom is -0.378 e. The maximum atomic E-state index is 12.8. The molecule has 2 amide bonds. The number of aromatic nitrogens is 1. The summed E-state index contributed by atoms with van der Waals surface area (Å²) in [6.45, 7) is 3.11. The van der Waals surface area contributed by atoms with Gasteiger partial charge in [-0.3, -0.25) is 19.4 Å². The third-order valence-corrected chi connectivity index (χ3v) is 6.44. The first kappa shape index (κ1) is 25.8. The van der Waals surface area contributed by atoms with Gasteiger partial charge in [0.25, 0.3) is 11.8 Å². The summed E-state index contributed by atoms with van der Waals surface area (Å²) < 4.78 is 5.39. The molecule has 1 saturated heterocycles. The average molecular weight is 521 g/mol. The fourth-order valence-electron chi connectivity index (χ4n) is 4.27. The molecule has 0 radical (unpaired) electrons. The molecule has 4 aromatic rings. The van der Waals surface area contributed by atoms with Gasteiger partial charge in [-0.15, -0.1) is 0 Å². The number of carbonyl (C=O) groups excluding carboxylic acids is 3. The Hall–Kier alpha value is -4.82. The first-order chi connectivity index (χ1) is 19.0. The van der Waals surface area contributed by atoms with Crippen LogP contribution in [-0.4, -0.2) is 48.9 Å². The van der Waals surface area contributed by atoms with Gasteiger partial charge in [0, 0.05) is 53.9 Å². The van der Waals surface area contributed by atoms with Crippen LogP contribution in [0.4, 0.5) is 17.1 Å². The van der Waals surface area contributed by atoms with Crippen LogP contribution in [0.3, 0.4) is 0 Å². The van der Waals surface area contributed by atoms with Crippen molar-refractivity contribution in [1.29, 1.82) is 0 Å². The van der Waals surface area contributed by atoms with Crippen LogP contribution in [0.5, 0.6) is 0 Å². The molecule has 1 aliphatic heterocycles.